The quantitative estimate of drug-likeness (QED) is 0.0176. The van der Waals surface area contributed by atoms with Crippen molar-refractivity contribution in [1.29, 1.82) is 0 Å². The van der Waals surface area contributed by atoms with Crippen LogP contribution in [0.1, 0.15) is 290 Å². The van der Waals surface area contributed by atoms with Gasteiger partial charge in [0.25, 0.3) is 0 Å². The van der Waals surface area contributed by atoms with E-state index in [4.69, 9.17) is 33.5 Å². The van der Waals surface area contributed by atoms with E-state index in [0.717, 1.165) is 77.0 Å². The summed E-state index contributed by atoms with van der Waals surface area (Å²) in [6, 6.07) is 0. The van der Waals surface area contributed by atoms with Gasteiger partial charge in [0, 0.05) is 19.3 Å². The Labute approximate surface area is 418 Å². The smallest absolute Gasteiger partial charge is 0.462 e. The molecule has 0 unspecified atom stereocenters. The molecule has 0 radical (unpaired) electrons. The highest BCUT2D eigenvalue weighted by molar-refractivity contribution is 7.45. The summed E-state index contributed by atoms with van der Waals surface area (Å²) < 4.78 is 25.7. The maximum Gasteiger partial charge on any atom is 0.466 e. The number of unbranched alkanes of at least 4 members (excludes halogenated alkanes) is 33. The molecule has 0 aliphatic rings. The topological polar surface area (TPSA) is 157 Å². The summed E-state index contributed by atoms with van der Waals surface area (Å²) in [7, 11) is -4.64. The second kappa shape index (κ2) is 55.7. The molecule has 11 heteroatoms. The van der Waals surface area contributed by atoms with Gasteiger partial charge in [0.15, 0.2) is 6.10 Å². The molecule has 0 spiro atoms. The lowest BCUT2D eigenvalue weighted by molar-refractivity contribution is -0.167. The zero-order valence-corrected chi connectivity index (χ0v) is 45.2. The third-order valence-electron chi connectivity index (χ3n) is 12.1. The Hall–Kier alpha value is -2.26. The number of ether oxygens (including phenoxy) is 3. The van der Waals surface area contributed by atoms with E-state index in [0.29, 0.717) is 19.3 Å². The summed E-state index contributed by atoms with van der Waals surface area (Å²) in [6.45, 7) is 6.63. The molecule has 0 amide bonds. The zero-order chi connectivity index (χ0) is 50.3. The van der Waals surface area contributed by atoms with Crippen molar-refractivity contribution in [2.24, 2.45) is 0 Å². The Morgan fingerprint density at radius 2 is 0.559 bits per heavy atom. The van der Waals surface area contributed by atoms with Crippen molar-refractivity contribution >= 4 is 25.7 Å². The first-order chi connectivity index (χ1) is 33.0. The Bertz CT molecular complexity index is 1160. The van der Waals surface area contributed by atoms with E-state index < -0.39 is 13.9 Å². The number of rotatable bonds is 50. The van der Waals surface area contributed by atoms with E-state index in [2.05, 4.69) is 57.2 Å². The van der Waals surface area contributed by atoms with Gasteiger partial charge < -0.3 is 28.9 Å². The molecule has 0 bridgehead atoms. The van der Waals surface area contributed by atoms with E-state index >= 15 is 0 Å². The summed E-state index contributed by atoms with van der Waals surface area (Å²) in [5.74, 6) is -0.893. The molecule has 0 saturated heterocycles. The van der Waals surface area contributed by atoms with Crippen LogP contribution in [-0.4, -0.2) is 51.9 Å². The lowest BCUT2D eigenvalue weighted by Gasteiger charge is -2.18. The average Bonchev–Trinajstić information content (AvgIpc) is 3.30. The van der Waals surface area contributed by atoms with E-state index in [1.807, 2.05) is 0 Å². The summed E-state index contributed by atoms with van der Waals surface area (Å²) in [5, 5.41) is 0. The number of carbonyl (C=O) groups excluding carboxylic acids is 3. The minimum Gasteiger partial charge on any atom is -0.462 e. The summed E-state index contributed by atoms with van der Waals surface area (Å²) >= 11 is 0. The second-order valence-electron chi connectivity index (χ2n) is 19.0. The predicted octanol–water partition coefficient (Wildman–Crippen LogP) is 17.2. The summed E-state index contributed by atoms with van der Waals surface area (Å²) in [6.07, 6.45) is 61.2. The molecule has 0 aromatic carbocycles. The highest BCUT2D eigenvalue weighted by Crippen LogP contribution is 2.26. The molecule has 0 saturated carbocycles. The number of carbonyl (C=O) groups is 3. The van der Waals surface area contributed by atoms with Crippen LogP contribution in [0.5, 0.6) is 0 Å². The normalized spacial score (nSPS) is 11.8. The molecule has 400 valence electrons. The molecule has 68 heavy (non-hydrogen) atoms. The zero-order valence-electron chi connectivity index (χ0n) is 44.3. The number of allylic oxidation sites excluding steroid dienone is 6. The van der Waals surface area contributed by atoms with E-state index in [1.54, 1.807) is 0 Å². The standard InChI is InChI=1S/C57H104O6.H3O4P/c1-4-7-10-13-16-19-22-25-28-31-34-37-40-43-46-49-55(58)61-52-54(63-57(60)51-48-45-42-39-36-33-30-27-24-21-18-15-12-9-6-3)53-62-56(59)50-47-44-41-38-35-32-29-26-23-20-17-14-11-8-5-2;1-5(2,3)4/h25-30,54H,4-24,31-53H2,1-3H3;(H3,1,2,3,4)/b28-25-,29-26-,30-27-;. The highest BCUT2D eigenvalue weighted by Gasteiger charge is 2.19. The lowest BCUT2D eigenvalue weighted by Crippen LogP contribution is -2.30. The van der Waals surface area contributed by atoms with Crippen LogP contribution in [0.3, 0.4) is 0 Å². The molecular formula is C57H107O10P. The first-order valence-electron chi connectivity index (χ1n) is 28.3. The first-order valence-corrected chi connectivity index (χ1v) is 29.8. The van der Waals surface area contributed by atoms with Gasteiger partial charge in [-0.25, -0.2) is 4.57 Å². The maximum absolute atomic E-state index is 12.8. The molecular weight excluding hydrogens is 876 g/mol. The van der Waals surface area contributed by atoms with E-state index in [-0.39, 0.29) is 31.1 Å². The van der Waals surface area contributed by atoms with Crippen molar-refractivity contribution in [2.75, 3.05) is 13.2 Å². The molecule has 0 aliphatic carbocycles. The third-order valence-corrected chi connectivity index (χ3v) is 12.1. The van der Waals surface area contributed by atoms with Crippen LogP contribution in [-0.2, 0) is 33.2 Å². The van der Waals surface area contributed by atoms with Crippen molar-refractivity contribution in [3.8, 4) is 0 Å². The Balaban J connectivity index is 0. The van der Waals surface area contributed by atoms with Crippen LogP contribution < -0.4 is 0 Å². The maximum atomic E-state index is 12.8. The van der Waals surface area contributed by atoms with Crippen molar-refractivity contribution in [3.63, 3.8) is 0 Å². The molecule has 0 aromatic rings. The van der Waals surface area contributed by atoms with Crippen molar-refractivity contribution in [2.45, 2.75) is 297 Å². The SMILES string of the molecule is CCCCCCCC/C=C\CCCCCCCC(=O)OCC(COC(=O)CCCCCCC/C=C\CCCCCCCC)OC(=O)CCCCCCC/C=C\CCCCCCCC.O=P(O)(O)O. The van der Waals surface area contributed by atoms with Crippen LogP contribution in [0.25, 0.3) is 0 Å². The minimum absolute atomic E-state index is 0.0806. The van der Waals surface area contributed by atoms with Crippen LogP contribution in [0, 0.1) is 0 Å². The van der Waals surface area contributed by atoms with Crippen molar-refractivity contribution < 1.29 is 47.8 Å². The van der Waals surface area contributed by atoms with Crippen molar-refractivity contribution in [3.05, 3.63) is 36.5 Å². The van der Waals surface area contributed by atoms with Gasteiger partial charge in [-0.2, -0.15) is 0 Å². The number of esters is 3. The fourth-order valence-corrected chi connectivity index (χ4v) is 7.90. The molecule has 0 aromatic heterocycles. The molecule has 0 heterocycles. The predicted molar refractivity (Wildman–Crippen MR) is 284 cm³/mol. The summed E-state index contributed by atoms with van der Waals surface area (Å²) in [5.41, 5.74) is 0. The van der Waals surface area contributed by atoms with E-state index in [9.17, 15) is 14.4 Å². The Morgan fingerprint density at radius 3 is 0.809 bits per heavy atom. The van der Waals surface area contributed by atoms with Crippen LogP contribution in [0.2, 0.25) is 0 Å². The van der Waals surface area contributed by atoms with Gasteiger partial charge in [-0.1, -0.05) is 211 Å². The molecule has 0 atom stereocenters. The van der Waals surface area contributed by atoms with E-state index in [1.165, 1.54) is 173 Å². The number of hydrogen-bond donors (Lipinski definition) is 3. The van der Waals surface area contributed by atoms with Gasteiger partial charge in [0.2, 0.25) is 0 Å². The third kappa shape index (κ3) is 63.7. The Kier molecular flexibility index (Phi) is 55.5. The van der Waals surface area contributed by atoms with Crippen molar-refractivity contribution in [1.82, 2.24) is 0 Å². The Morgan fingerprint density at radius 1 is 0.353 bits per heavy atom. The molecule has 3 N–H and O–H groups in total. The van der Waals surface area contributed by atoms with Crippen LogP contribution in [0.15, 0.2) is 36.5 Å². The second-order valence-corrected chi connectivity index (χ2v) is 20.0. The van der Waals surface area contributed by atoms with Gasteiger partial charge >= 0.3 is 25.7 Å². The first kappa shape index (κ1) is 67.8. The van der Waals surface area contributed by atoms with Gasteiger partial charge in [0.05, 0.1) is 0 Å². The van der Waals surface area contributed by atoms with Gasteiger partial charge in [-0.05, 0) is 96.3 Å². The van der Waals surface area contributed by atoms with Crippen LogP contribution in [0.4, 0.5) is 0 Å². The summed E-state index contributed by atoms with van der Waals surface area (Å²) in [4.78, 5) is 59.6. The van der Waals surface area contributed by atoms with Crippen LogP contribution >= 0.6 is 7.82 Å². The average molecular weight is 983 g/mol. The van der Waals surface area contributed by atoms with Gasteiger partial charge in [-0.3, -0.25) is 14.4 Å². The number of hydrogen-bond acceptors (Lipinski definition) is 7. The molecule has 0 rings (SSSR count). The monoisotopic (exact) mass is 983 g/mol. The minimum atomic E-state index is -4.64. The highest BCUT2D eigenvalue weighted by atomic mass is 31.2. The fraction of sp³-hybridized carbons (Fsp3) is 0.842. The molecule has 10 nitrogen and oxygen atoms in total. The molecule has 0 aliphatic heterocycles. The number of phosphoric acid groups is 1. The largest absolute Gasteiger partial charge is 0.466 e. The lowest BCUT2D eigenvalue weighted by atomic mass is 10.1. The van der Waals surface area contributed by atoms with Gasteiger partial charge in [0.1, 0.15) is 13.2 Å². The molecule has 0 fully saturated rings. The van der Waals surface area contributed by atoms with Gasteiger partial charge in [-0.15, -0.1) is 0 Å². The fourth-order valence-electron chi connectivity index (χ4n) is 7.90.